The molecule has 25 heavy (non-hydrogen) atoms. The molecule has 2 aromatic carbocycles. The van der Waals surface area contributed by atoms with Crippen LogP contribution >= 0.6 is 0 Å². The molecule has 0 aliphatic heterocycles. The number of methoxy groups -OCH3 is 2. The van der Waals surface area contributed by atoms with Gasteiger partial charge in [0.2, 0.25) is 0 Å². The van der Waals surface area contributed by atoms with E-state index in [0.29, 0.717) is 29.4 Å². The molecule has 0 aliphatic rings. The summed E-state index contributed by atoms with van der Waals surface area (Å²) in [6.45, 7) is 2.11. The first-order valence-electron chi connectivity index (χ1n) is 7.97. The average Bonchev–Trinajstić information content (AvgIpc) is 2.66. The molecule has 0 aliphatic carbocycles. The number of carbonyl (C=O) groups excluding carboxylic acids is 1. The number of fused-ring (bicyclic) bond motifs is 1. The Balaban J connectivity index is 2.18. The lowest BCUT2D eigenvalue weighted by Gasteiger charge is -2.12. The van der Waals surface area contributed by atoms with Crippen LogP contribution in [0.3, 0.4) is 0 Å². The summed E-state index contributed by atoms with van der Waals surface area (Å²) in [6.07, 6.45) is 0. The second kappa shape index (κ2) is 7.21. The molecule has 1 aromatic heterocycles. The van der Waals surface area contributed by atoms with Crippen LogP contribution in [-0.4, -0.2) is 31.8 Å². The van der Waals surface area contributed by atoms with Crippen molar-refractivity contribution in [3.8, 4) is 22.8 Å². The first-order chi connectivity index (χ1) is 12.2. The van der Waals surface area contributed by atoms with Gasteiger partial charge in [0.25, 0.3) is 0 Å². The highest BCUT2D eigenvalue weighted by molar-refractivity contribution is 6.04. The SMILES string of the molecule is CCOC(=O)c1cc(-c2ccc(OC)c(OC)c2)nc2ccccc12. The normalized spacial score (nSPS) is 10.5. The van der Waals surface area contributed by atoms with Gasteiger partial charge in [-0.15, -0.1) is 0 Å². The zero-order valence-corrected chi connectivity index (χ0v) is 14.4. The molecule has 1 heterocycles. The maximum absolute atomic E-state index is 12.4. The fourth-order valence-electron chi connectivity index (χ4n) is 2.70. The van der Waals surface area contributed by atoms with Crippen molar-refractivity contribution in [1.82, 2.24) is 4.98 Å². The Labute approximate surface area is 146 Å². The molecule has 0 atom stereocenters. The summed E-state index contributed by atoms with van der Waals surface area (Å²) < 4.78 is 15.8. The number of nitrogens with zero attached hydrogens (tertiary/aromatic N) is 1. The number of carbonyl (C=O) groups is 1. The van der Waals surface area contributed by atoms with Crippen molar-refractivity contribution in [3.63, 3.8) is 0 Å². The molecule has 0 bridgehead atoms. The van der Waals surface area contributed by atoms with Crippen molar-refractivity contribution >= 4 is 16.9 Å². The summed E-state index contributed by atoms with van der Waals surface area (Å²) in [4.78, 5) is 17.0. The van der Waals surface area contributed by atoms with Crippen LogP contribution in [-0.2, 0) is 4.74 Å². The standard InChI is InChI=1S/C20H19NO4/c1-4-25-20(22)15-12-17(21-16-8-6-5-7-14(15)16)13-9-10-18(23-2)19(11-13)24-3/h5-12H,4H2,1-3H3. The lowest BCUT2D eigenvalue weighted by atomic mass is 10.0. The molecule has 128 valence electrons. The van der Waals surface area contributed by atoms with Crippen molar-refractivity contribution in [1.29, 1.82) is 0 Å². The predicted molar refractivity (Wildman–Crippen MR) is 96.2 cm³/mol. The molecule has 0 amide bonds. The number of pyridine rings is 1. The molecule has 0 saturated heterocycles. The lowest BCUT2D eigenvalue weighted by molar-refractivity contribution is 0.0528. The van der Waals surface area contributed by atoms with Gasteiger partial charge in [0, 0.05) is 10.9 Å². The van der Waals surface area contributed by atoms with Crippen LogP contribution in [0, 0.1) is 0 Å². The van der Waals surface area contributed by atoms with E-state index in [-0.39, 0.29) is 5.97 Å². The topological polar surface area (TPSA) is 57.7 Å². The van der Waals surface area contributed by atoms with E-state index < -0.39 is 0 Å². The number of hydrogen-bond donors (Lipinski definition) is 0. The van der Waals surface area contributed by atoms with Gasteiger partial charge in [-0.1, -0.05) is 18.2 Å². The van der Waals surface area contributed by atoms with Gasteiger partial charge in [0.05, 0.1) is 37.6 Å². The Kier molecular flexibility index (Phi) is 4.84. The van der Waals surface area contributed by atoms with Crippen LogP contribution in [0.1, 0.15) is 17.3 Å². The summed E-state index contributed by atoms with van der Waals surface area (Å²) in [5.74, 6) is 0.883. The van der Waals surface area contributed by atoms with Crippen LogP contribution in [0.15, 0.2) is 48.5 Å². The van der Waals surface area contributed by atoms with Gasteiger partial charge in [-0.05, 0) is 37.3 Å². The van der Waals surface area contributed by atoms with E-state index >= 15 is 0 Å². The number of esters is 1. The van der Waals surface area contributed by atoms with Gasteiger partial charge in [-0.2, -0.15) is 0 Å². The third kappa shape index (κ3) is 3.26. The minimum Gasteiger partial charge on any atom is -0.493 e. The van der Waals surface area contributed by atoms with E-state index in [0.717, 1.165) is 16.5 Å². The zero-order chi connectivity index (χ0) is 17.8. The largest absolute Gasteiger partial charge is 0.493 e. The maximum atomic E-state index is 12.4. The third-order valence-corrected chi connectivity index (χ3v) is 3.89. The molecular weight excluding hydrogens is 318 g/mol. The Morgan fingerprint density at radius 1 is 1.00 bits per heavy atom. The molecule has 0 unspecified atom stereocenters. The number of aromatic nitrogens is 1. The molecule has 3 rings (SSSR count). The number of para-hydroxylation sites is 1. The van der Waals surface area contributed by atoms with Crippen LogP contribution in [0.5, 0.6) is 11.5 Å². The molecule has 5 heteroatoms. The fourth-order valence-corrected chi connectivity index (χ4v) is 2.70. The van der Waals surface area contributed by atoms with E-state index in [9.17, 15) is 4.79 Å². The summed E-state index contributed by atoms with van der Waals surface area (Å²) >= 11 is 0. The van der Waals surface area contributed by atoms with Crippen LogP contribution in [0.25, 0.3) is 22.2 Å². The molecule has 0 saturated carbocycles. The Morgan fingerprint density at radius 2 is 1.76 bits per heavy atom. The van der Waals surface area contributed by atoms with Crippen molar-refractivity contribution < 1.29 is 19.0 Å². The number of hydrogen-bond acceptors (Lipinski definition) is 5. The van der Waals surface area contributed by atoms with Gasteiger partial charge in [0.1, 0.15) is 0 Å². The van der Waals surface area contributed by atoms with E-state index in [1.807, 2.05) is 42.5 Å². The number of ether oxygens (including phenoxy) is 3. The Bertz CT molecular complexity index is 921. The first-order valence-corrected chi connectivity index (χ1v) is 7.97. The summed E-state index contributed by atoms with van der Waals surface area (Å²) in [5, 5.41) is 0.769. The monoisotopic (exact) mass is 337 g/mol. The van der Waals surface area contributed by atoms with Crippen molar-refractivity contribution in [2.75, 3.05) is 20.8 Å². The molecule has 5 nitrogen and oxygen atoms in total. The van der Waals surface area contributed by atoms with Gasteiger partial charge in [0.15, 0.2) is 11.5 Å². The van der Waals surface area contributed by atoms with E-state index in [4.69, 9.17) is 14.2 Å². The molecule has 0 fully saturated rings. The first kappa shape index (κ1) is 16.8. The lowest BCUT2D eigenvalue weighted by Crippen LogP contribution is -2.06. The Hall–Kier alpha value is -3.08. The molecular formula is C20H19NO4. The fraction of sp³-hybridized carbons (Fsp3) is 0.200. The van der Waals surface area contributed by atoms with Gasteiger partial charge in [-0.25, -0.2) is 9.78 Å². The van der Waals surface area contributed by atoms with Gasteiger partial charge < -0.3 is 14.2 Å². The quantitative estimate of drug-likeness (QED) is 0.656. The van der Waals surface area contributed by atoms with Crippen LogP contribution in [0.2, 0.25) is 0 Å². The van der Waals surface area contributed by atoms with Crippen molar-refractivity contribution in [2.45, 2.75) is 6.92 Å². The van der Waals surface area contributed by atoms with E-state index in [2.05, 4.69) is 4.98 Å². The van der Waals surface area contributed by atoms with E-state index in [1.54, 1.807) is 27.2 Å². The third-order valence-electron chi connectivity index (χ3n) is 3.89. The average molecular weight is 337 g/mol. The molecule has 0 spiro atoms. The highest BCUT2D eigenvalue weighted by Crippen LogP contribution is 2.33. The van der Waals surface area contributed by atoms with E-state index in [1.165, 1.54) is 0 Å². The highest BCUT2D eigenvalue weighted by Gasteiger charge is 2.15. The smallest absolute Gasteiger partial charge is 0.338 e. The number of benzene rings is 2. The van der Waals surface area contributed by atoms with Crippen molar-refractivity contribution in [2.24, 2.45) is 0 Å². The molecule has 3 aromatic rings. The predicted octanol–water partition coefficient (Wildman–Crippen LogP) is 4.10. The van der Waals surface area contributed by atoms with Crippen LogP contribution in [0.4, 0.5) is 0 Å². The highest BCUT2D eigenvalue weighted by atomic mass is 16.5. The zero-order valence-electron chi connectivity index (χ0n) is 14.4. The van der Waals surface area contributed by atoms with Gasteiger partial charge >= 0.3 is 5.97 Å². The maximum Gasteiger partial charge on any atom is 0.338 e. The summed E-state index contributed by atoms with van der Waals surface area (Å²) in [5.41, 5.74) is 2.73. The molecule has 0 radical (unpaired) electrons. The second-order valence-corrected chi connectivity index (χ2v) is 5.36. The summed E-state index contributed by atoms with van der Waals surface area (Å²) in [6, 6.07) is 14.8. The minimum absolute atomic E-state index is 0.321. The van der Waals surface area contributed by atoms with Crippen molar-refractivity contribution in [3.05, 3.63) is 54.1 Å². The van der Waals surface area contributed by atoms with Gasteiger partial charge in [-0.3, -0.25) is 0 Å². The summed E-state index contributed by atoms with van der Waals surface area (Å²) in [7, 11) is 3.17. The number of rotatable bonds is 5. The second-order valence-electron chi connectivity index (χ2n) is 5.36. The Morgan fingerprint density at radius 3 is 2.48 bits per heavy atom. The molecule has 0 N–H and O–H groups in total. The van der Waals surface area contributed by atoms with Crippen LogP contribution < -0.4 is 9.47 Å². The minimum atomic E-state index is -0.358.